The first kappa shape index (κ1) is 17.3. The van der Waals surface area contributed by atoms with Gasteiger partial charge in [-0.2, -0.15) is 0 Å². The Labute approximate surface area is 125 Å². The van der Waals surface area contributed by atoms with E-state index in [0.29, 0.717) is 11.4 Å². The number of esters is 1. The molecular formula is C14H21NO5S. The van der Waals surface area contributed by atoms with Gasteiger partial charge in [-0.1, -0.05) is 12.1 Å². The second kappa shape index (κ2) is 6.80. The van der Waals surface area contributed by atoms with Crippen molar-refractivity contribution in [3.8, 4) is 5.75 Å². The van der Waals surface area contributed by atoms with E-state index < -0.39 is 27.2 Å². The zero-order chi connectivity index (χ0) is 16.1. The Morgan fingerprint density at radius 1 is 1.24 bits per heavy atom. The molecule has 0 aromatic heterocycles. The van der Waals surface area contributed by atoms with Crippen molar-refractivity contribution in [3.05, 3.63) is 24.3 Å². The lowest BCUT2D eigenvalue weighted by Crippen LogP contribution is -2.30. The smallest absolute Gasteiger partial charge is 0.321 e. The third-order valence-electron chi connectivity index (χ3n) is 2.33. The van der Waals surface area contributed by atoms with Gasteiger partial charge in [0.05, 0.1) is 11.4 Å². The number of carbonyl (C=O) groups is 1. The zero-order valence-corrected chi connectivity index (χ0v) is 13.3. The third kappa shape index (κ3) is 6.99. The Morgan fingerprint density at radius 3 is 2.43 bits per heavy atom. The van der Waals surface area contributed by atoms with E-state index in [4.69, 9.17) is 15.2 Å². The molecule has 0 saturated carbocycles. The molecular weight excluding hydrogens is 294 g/mol. The number of sulfone groups is 1. The van der Waals surface area contributed by atoms with E-state index in [1.165, 1.54) is 0 Å². The van der Waals surface area contributed by atoms with Crippen molar-refractivity contribution in [1.29, 1.82) is 0 Å². The molecule has 118 valence electrons. The van der Waals surface area contributed by atoms with E-state index in [-0.39, 0.29) is 12.4 Å². The number of ether oxygens (including phenoxy) is 2. The highest BCUT2D eigenvalue weighted by atomic mass is 32.2. The summed E-state index contributed by atoms with van der Waals surface area (Å²) in [4.78, 5) is 11.5. The lowest BCUT2D eigenvalue weighted by Gasteiger charge is -2.19. The number of nitrogen functional groups attached to an aromatic ring is 1. The van der Waals surface area contributed by atoms with Crippen LogP contribution in [0.2, 0.25) is 0 Å². The van der Waals surface area contributed by atoms with Crippen LogP contribution in [0.25, 0.3) is 0 Å². The van der Waals surface area contributed by atoms with Gasteiger partial charge in [-0.3, -0.25) is 4.79 Å². The van der Waals surface area contributed by atoms with Crippen LogP contribution in [0.1, 0.15) is 20.8 Å². The van der Waals surface area contributed by atoms with Crippen molar-refractivity contribution in [2.75, 3.05) is 23.8 Å². The summed E-state index contributed by atoms with van der Waals surface area (Å²) in [5, 5.41) is 0. The van der Waals surface area contributed by atoms with Crippen molar-refractivity contribution in [1.82, 2.24) is 0 Å². The van der Waals surface area contributed by atoms with Crippen molar-refractivity contribution < 1.29 is 22.7 Å². The molecule has 1 aromatic carbocycles. The Kier molecular flexibility index (Phi) is 5.60. The molecule has 1 aromatic rings. The molecule has 0 bridgehead atoms. The Balaban J connectivity index is 2.47. The predicted octanol–water partition coefficient (Wildman–Crippen LogP) is 1.40. The van der Waals surface area contributed by atoms with Crippen molar-refractivity contribution in [2.24, 2.45) is 0 Å². The van der Waals surface area contributed by atoms with Crippen LogP contribution >= 0.6 is 0 Å². The highest BCUT2D eigenvalue weighted by Gasteiger charge is 2.22. The van der Waals surface area contributed by atoms with Crippen LogP contribution in [0.15, 0.2) is 24.3 Å². The zero-order valence-electron chi connectivity index (χ0n) is 12.5. The van der Waals surface area contributed by atoms with E-state index in [0.717, 1.165) is 0 Å². The molecule has 0 spiro atoms. The number of hydrogen-bond acceptors (Lipinski definition) is 6. The topological polar surface area (TPSA) is 95.7 Å². The lowest BCUT2D eigenvalue weighted by atomic mass is 10.2. The van der Waals surface area contributed by atoms with Gasteiger partial charge in [0.2, 0.25) is 0 Å². The van der Waals surface area contributed by atoms with Gasteiger partial charge in [0.25, 0.3) is 0 Å². The minimum absolute atomic E-state index is 0.0701. The fraction of sp³-hybridized carbons (Fsp3) is 0.500. The first-order valence-corrected chi connectivity index (χ1v) is 8.31. The number of para-hydroxylation sites is 2. The Morgan fingerprint density at radius 2 is 1.86 bits per heavy atom. The highest BCUT2D eigenvalue weighted by Crippen LogP contribution is 2.19. The van der Waals surface area contributed by atoms with Gasteiger partial charge >= 0.3 is 5.97 Å². The third-order valence-corrected chi connectivity index (χ3v) is 3.79. The van der Waals surface area contributed by atoms with Crippen LogP contribution in [-0.4, -0.2) is 38.1 Å². The molecule has 1 rings (SSSR count). The standard InChI is InChI=1S/C14H21NO5S/c1-14(2,3)20-13(16)10-21(17,18)9-8-19-12-7-5-4-6-11(12)15/h4-7H,8-10,15H2,1-3H3. The quantitative estimate of drug-likeness (QED) is 0.630. The Hall–Kier alpha value is -1.76. The van der Waals surface area contributed by atoms with Crippen LogP contribution in [0.5, 0.6) is 5.75 Å². The van der Waals surface area contributed by atoms with E-state index >= 15 is 0 Å². The summed E-state index contributed by atoms with van der Waals surface area (Å²) in [6.45, 7) is 4.97. The van der Waals surface area contributed by atoms with Gasteiger partial charge in [-0.25, -0.2) is 8.42 Å². The van der Waals surface area contributed by atoms with E-state index in [1.807, 2.05) is 0 Å². The minimum atomic E-state index is -3.58. The molecule has 0 radical (unpaired) electrons. The Bertz CT molecular complexity index is 590. The molecule has 0 atom stereocenters. The first-order chi connectivity index (χ1) is 9.59. The molecule has 2 N–H and O–H groups in total. The van der Waals surface area contributed by atoms with E-state index in [1.54, 1.807) is 45.0 Å². The largest absolute Gasteiger partial charge is 0.490 e. The summed E-state index contributed by atoms with van der Waals surface area (Å²) < 4.78 is 33.9. The number of hydrogen-bond donors (Lipinski definition) is 1. The molecule has 0 amide bonds. The summed E-state index contributed by atoms with van der Waals surface area (Å²) in [5.74, 6) is -1.27. The molecule has 0 aliphatic carbocycles. The summed E-state index contributed by atoms with van der Waals surface area (Å²) in [6.07, 6.45) is 0. The second-order valence-electron chi connectivity index (χ2n) is 5.56. The highest BCUT2D eigenvalue weighted by molar-refractivity contribution is 7.92. The SMILES string of the molecule is CC(C)(C)OC(=O)CS(=O)(=O)CCOc1ccccc1N. The van der Waals surface area contributed by atoms with Crippen molar-refractivity contribution in [3.63, 3.8) is 0 Å². The summed E-state index contributed by atoms with van der Waals surface area (Å²) in [5.41, 5.74) is 5.40. The number of carbonyl (C=O) groups excluding carboxylic acids is 1. The van der Waals surface area contributed by atoms with Crippen LogP contribution < -0.4 is 10.5 Å². The van der Waals surface area contributed by atoms with Gasteiger partial charge in [0.15, 0.2) is 9.84 Å². The maximum absolute atomic E-state index is 11.8. The minimum Gasteiger partial charge on any atom is -0.490 e. The molecule has 0 unspecified atom stereocenters. The summed E-state index contributed by atoms with van der Waals surface area (Å²) in [6, 6.07) is 6.79. The van der Waals surface area contributed by atoms with E-state index in [9.17, 15) is 13.2 Å². The number of anilines is 1. The van der Waals surface area contributed by atoms with Crippen LogP contribution in [0, 0.1) is 0 Å². The molecule has 0 saturated heterocycles. The molecule has 21 heavy (non-hydrogen) atoms. The maximum Gasteiger partial charge on any atom is 0.321 e. The normalized spacial score (nSPS) is 12.0. The van der Waals surface area contributed by atoms with Crippen LogP contribution in [0.4, 0.5) is 5.69 Å². The molecule has 0 aliphatic rings. The van der Waals surface area contributed by atoms with Crippen LogP contribution in [-0.2, 0) is 19.4 Å². The average molecular weight is 315 g/mol. The lowest BCUT2D eigenvalue weighted by molar-refractivity contribution is -0.151. The maximum atomic E-state index is 11.8. The second-order valence-corrected chi connectivity index (χ2v) is 7.75. The van der Waals surface area contributed by atoms with Gasteiger partial charge in [-0.05, 0) is 32.9 Å². The van der Waals surface area contributed by atoms with Crippen molar-refractivity contribution in [2.45, 2.75) is 26.4 Å². The molecule has 7 heteroatoms. The monoisotopic (exact) mass is 315 g/mol. The van der Waals surface area contributed by atoms with Gasteiger partial charge < -0.3 is 15.2 Å². The van der Waals surface area contributed by atoms with Crippen molar-refractivity contribution >= 4 is 21.5 Å². The van der Waals surface area contributed by atoms with E-state index in [2.05, 4.69) is 0 Å². The summed E-state index contributed by atoms with van der Waals surface area (Å²) >= 11 is 0. The number of rotatable bonds is 6. The van der Waals surface area contributed by atoms with Gasteiger partial charge in [0, 0.05) is 0 Å². The fourth-order valence-electron chi connectivity index (χ4n) is 1.51. The molecule has 6 nitrogen and oxygen atoms in total. The predicted molar refractivity (Wildman–Crippen MR) is 80.8 cm³/mol. The average Bonchev–Trinajstić information content (AvgIpc) is 2.27. The number of nitrogens with two attached hydrogens (primary N) is 1. The van der Waals surface area contributed by atoms with Gasteiger partial charge in [-0.15, -0.1) is 0 Å². The summed E-state index contributed by atoms with van der Waals surface area (Å²) in [7, 11) is -3.58. The molecule has 0 heterocycles. The van der Waals surface area contributed by atoms with Crippen LogP contribution in [0.3, 0.4) is 0 Å². The fourth-order valence-corrected chi connectivity index (χ4v) is 2.41. The molecule has 0 aliphatic heterocycles. The number of benzene rings is 1. The molecule has 0 fully saturated rings. The first-order valence-electron chi connectivity index (χ1n) is 6.49. The van der Waals surface area contributed by atoms with Gasteiger partial charge in [0.1, 0.15) is 23.7 Å².